The van der Waals surface area contributed by atoms with Gasteiger partial charge in [0, 0.05) is 13.0 Å². The van der Waals surface area contributed by atoms with Crippen molar-refractivity contribution in [2.75, 3.05) is 13.7 Å². The predicted octanol–water partition coefficient (Wildman–Crippen LogP) is 3.41. The van der Waals surface area contributed by atoms with E-state index in [0.29, 0.717) is 19.6 Å². The molecule has 0 saturated carbocycles. The molecule has 0 spiro atoms. The van der Waals surface area contributed by atoms with Crippen LogP contribution in [-0.4, -0.2) is 31.7 Å². The van der Waals surface area contributed by atoms with Gasteiger partial charge in [0.2, 0.25) is 0 Å². The van der Waals surface area contributed by atoms with Gasteiger partial charge in [-0.1, -0.05) is 24.3 Å². The fourth-order valence-electron chi connectivity index (χ4n) is 2.50. The number of hydrogen-bond acceptors (Lipinski definition) is 5. The average molecular weight is 385 g/mol. The van der Waals surface area contributed by atoms with Crippen molar-refractivity contribution in [1.29, 1.82) is 0 Å². The molecule has 2 aromatic carbocycles. The molecule has 150 valence electrons. The maximum atomic E-state index is 12.1. The minimum atomic E-state index is -0.844. The predicted molar refractivity (Wildman–Crippen MR) is 106 cm³/mol. The first-order valence-electron chi connectivity index (χ1n) is 9.27. The fraction of sp³-hybridized carbons (Fsp3) is 0.364. The van der Waals surface area contributed by atoms with Crippen LogP contribution in [0.4, 0.5) is 0 Å². The molecule has 0 aliphatic rings. The van der Waals surface area contributed by atoms with Crippen LogP contribution in [0.25, 0.3) is 0 Å². The fourth-order valence-corrected chi connectivity index (χ4v) is 2.50. The van der Waals surface area contributed by atoms with E-state index in [0.717, 1.165) is 22.6 Å². The number of rotatable bonds is 10. The van der Waals surface area contributed by atoms with Crippen molar-refractivity contribution in [2.45, 2.75) is 39.3 Å². The van der Waals surface area contributed by atoms with Crippen LogP contribution in [0.3, 0.4) is 0 Å². The van der Waals surface area contributed by atoms with Crippen LogP contribution in [0, 0.1) is 6.92 Å². The molecule has 6 nitrogen and oxygen atoms in total. The second kappa shape index (κ2) is 11.0. The molecule has 0 aromatic heterocycles. The lowest BCUT2D eigenvalue weighted by atomic mass is 10.2. The van der Waals surface area contributed by atoms with Gasteiger partial charge >= 0.3 is 5.97 Å². The minimum absolute atomic E-state index is 0.196. The Balaban J connectivity index is 1.64. The van der Waals surface area contributed by atoms with Crippen molar-refractivity contribution >= 4 is 11.9 Å². The summed E-state index contributed by atoms with van der Waals surface area (Å²) in [5.41, 5.74) is 2.05. The lowest BCUT2D eigenvalue weighted by Crippen LogP contribution is -2.35. The van der Waals surface area contributed by atoms with Gasteiger partial charge in [-0.15, -0.1) is 0 Å². The standard InChI is InChI=1S/C22H27NO5/c1-16-6-4-7-20(14-16)27-13-5-8-21(24)28-17(2)22(25)23-15-18-9-11-19(26-3)12-10-18/h4,6-7,9-12,14,17H,5,8,13,15H2,1-3H3,(H,23,25)/t17-/m1/s1. The van der Waals surface area contributed by atoms with E-state index in [1.165, 1.54) is 0 Å². The molecule has 0 saturated heterocycles. The molecule has 0 aliphatic carbocycles. The number of esters is 1. The van der Waals surface area contributed by atoms with Crippen molar-refractivity contribution in [1.82, 2.24) is 5.32 Å². The highest BCUT2D eigenvalue weighted by molar-refractivity contribution is 5.83. The molecule has 0 bridgehead atoms. The number of carbonyl (C=O) groups excluding carboxylic acids is 2. The van der Waals surface area contributed by atoms with Gasteiger partial charge in [0.05, 0.1) is 13.7 Å². The first-order chi connectivity index (χ1) is 13.5. The second-order valence-electron chi connectivity index (χ2n) is 6.47. The van der Waals surface area contributed by atoms with Gasteiger partial charge in [-0.2, -0.15) is 0 Å². The number of benzene rings is 2. The third-order valence-corrected chi connectivity index (χ3v) is 4.09. The van der Waals surface area contributed by atoms with Crippen LogP contribution in [0.2, 0.25) is 0 Å². The van der Waals surface area contributed by atoms with Gasteiger partial charge < -0.3 is 19.5 Å². The summed E-state index contributed by atoms with van der Waals surface area (Å²) in [6.45, 7) is 4.32. The van der Waals surface area contributed by atoms with E-state index in [-0.39, 0.29) is 12.3 Å². The highest BCUT2D eigenvalue weighted by Crippen LogP contribution is 2.13. The quantitative estimate of drug-likeness (QED) is 0.501. The van der Waals surface area contributed by atoms with E-state index in [9.17, 15) is 9.59 Å². The second-order valence-corrected chi connectivity index (χ2v) is 6.47. The van der Waals surface area contributed by atoms with Crippen molar-refractivity contribution in [3.63, 3.8) is 0 Å². The van der Waals surface area contributed by atoms with Crippen molar-refractivity contribution in [3.05, 3.63) is 59.7 Å². The number of methoxy groups -OCH3 is 1. The van der Waals surface area contributed by atoms with E-state index >= 15 is 0 Å². The van der Waals surface area contributed by atoms with Gasteiger partial charge in [-0.3, -0.25) is 9.59 Å². The highest BCUT2D eigenvalue weighted by Gasteiger charge is 2.17. The Kier molecular flexibility index (Phi) is 8.34. The summed E-state index contributed by atoms with van der Waals surface area (Å²) in [7, 11) is 1.60. The van der Waals surface area contributed by atoms with Gasteiger partial charge in [0.25, 0.3) is 5.91 Å². The van der Waals surface area contributed by atoms with E-state index in [4.69, 9.17) is 14.2 Å². The molecule has 28 heavy (non-hydrogen) atoms. The largest absolute Gasteiger partial charge is 0.497 e. The van der Waals surface area contributed by atoms with E-state index in [2.05, 4.69) is 5.32 Å². The van der Waals surface area contributed by atoms with Gasteiger partial charge in [-0.25, -0.2) is 0 Å². The highest BCUT2D eigenvalue weighted by atomic mass is 16.5. The maximum absolute atomic E-state index is 12.1. The van der Waals surface area contributed by atoms with E-state index in [1.807, 2.05) is 55.5 Å². The zero-order chi connectivity index (χ0) is 20.4. The number of amides is 1. The van der Waals surface area contributed by atoms with Crippen molar-refractivity contribution in [3.8, 4) is 11.5 Å². The molecule has 2 aromatic rings. The molecule has 1 amide bonds. The summed E-state index contributed by atoms with van der Waals surface area (Å²) in [5, 5.41) is 2.75. The smallest absolute Gasteiger partial charge is 0.306 e. The molecule has 1 atom stereocenters. The monoisotopic (exact) mass is 385 g/mol. The lowest BCUT2D eigenvalue weighted by molar-refractivity contribution is -0.155. The van der Waals surface area contributed by atoms with Gasteiger partial charge in [0.1, 0.15) is 11.5 Å². The Bertz CT molecular complexity index is 773. The zero-order valence-corrected chi connectivity index (χ0v) is 16.6. The summed E-state index contributed by atoms with van der Waals surface area (Å²) < 4.78 is 15.9. The normalized spacial score (nSPS) is 11.4. The molecule has 1 N–H and O–H groups in total. The van der Waals surface area contributed by atoms with Crippen molar-refractivity contribution in [2.24, 2.45) is 0 Å². The maximum Gasteiger partial charge on any atom is 0.306 e. The van der Waals surface area contributed by atoms with Gasteiger partial charge in [0.15, 0.2) is 6.10 Å². The molecular weight excluding hydrogens is 358 g/mol. The Morgan fingerprint density at radius 3 is 2.50 bits per heavy atom. The molecule has 6 heteroatoms. The number of nitrogens with one attached hydrogen (secondary N) is 1. The van der Waals surface area contributed by atoms with Crippen LogP contribution in [0.5, 0.6) is 11.5 Å². The Hall–Kier alpha value is -3.02. The number of ether oxygens (including phenoxy) is 3. The molecule has 2 rings (SSSR count). The first-order valence-corrected chi connectivity index (χ1v) is 9.27. The molecule has 0 unspecified atom stereocenters. The first kappa shape index (κ1) is 21.3. The lowest BCUT2D eigenvalue weighted by Gasteiger charge is -2.14. The zero-order valence-electron chi connectivity index (χ0n) is 16.6. The minimum Gasteiger partial charge on any atom is -0.497 e. The third-order valence-electron chi connectivity index (χ3n) is 4.09. The van der Waals surface area contributed by atoms with Crippen LogP contribution < -0.4 is 14.8 Å². The number of hydrogen-bond donors (Lipinski definition) is 1. The van der Waals surface area contributed by atoms with Crippen LogP contribution >= 0.6 is 0 Å². The SMILES string of the molecule is COc1ccc(CNC(=O)[C@@H](C)OC(=O)CCCOc2cccc(C)c2)cc1. The number of aryl methyl sites for hydroxylation is 1. The number of carbonyl (C=O) groups is 2. The molecule has 0 aliphatic heterocycles. The molecule has 0 fully saturated rings. The Morgan fingerprint density at radius 1 is 1.07 bits per heavy atom. The topological polar surface area (TPSA) is 73.9 Å². The third kappa shape index (κ3) is 7.31. The van der Waals surface area contributed by atoms with Crippen molar-refractivity contribution < 1.29 is 23.8 Å². The van der Waals surface area contributed by atoms with E-state index in [1.54, 1.807) is 14.0 Å². The molecule has 0 heterocycles. The summed E-state index contributed by atoms with van der Waals surface area (Å²) in [6.07, 6.45) is -0.127. The summed E-state index contributed by atoms with van der Waals surface area (Å²) in [4.78, 5) is 24.0. The van der Waals surface area contributed by atoms with Gasteiger partial charge in [-0.05, 0) is 55.7 Å². The van der Waals surface area contributed by atoms with Crippen LogP contribution in [-0.2, 0) is 20.9 Å². The molecule has 0 radical (unpaired) electrons. The van der Waals surface area contributed by atoms with Crippen LogP contribution in [0.1, 0.15) is 30.9 Å². The van der Waals surface area contributed by atoms with Crippen LogP contribution in [0.15, 0.2) is 48.5 Å². The average Bonchev–Trinajstić information content (AvgIpc) is 2.69. The Labute approximate surface area is 165 Å². The molecular formula is C22H27NO5. The summed E-state index contributed by atoms with van der Waals surface area (Å²) in [6, 6.07) is 15.1. The summed E-state index contributed by atoms with van der Waals surface area (Å²) in [5.74, 6) is 0.781. The summed E-state index contributed by atoms with van der Waals surface area (Å²) >= 11 is 0. The Morgan fingerprint density at radius 2 is 1.82 bits per heavy atom. The van der Waals surface area contributed by atoms with E-state index < -0.39 is 12.1 Å².